The number of carbonyl (C=O) groups is 2. The van der Waals surface area contributed by atoms with Crippen LogP contribution in [-0.2, 0) is 11.2 Å². The van der Waals surface area contributed by atoms with E-state index < -0.39 is 5.60 Å². The third kappa shape index (κ3) is 5.98. The molecule has 0 bridgehead atoms. The van der Waals surface area contributed by atoms with Gasteiger partial charge in [0.05, 0.1) is 0 Å². The first kappa shape index (κ1) is 24.3. The van der Waals surface area contributed by atoms with Crippen molar-refractivity contribution >= 4 is 17.4 Å². The van der Waals surface area contributed by atoms with E-state index in [0.717, 1.165) is 63.1 Å². The minimum Gasteiger partial charge on any atom is -0.478 e. The standard InChI is InChI=1S/C28H37N3O3/c1-21-7-4-9-23(19-21)31-17-15-30(16-18-31)14-6-13-29-27(33)28(2,3)34-24-11-12-25-22(20-24)8-5-10-26(25)32/h4,7,9,11-12,19-20H,5-6,8,10,13-18H2,1-3H3,(H,29,33). The maximum absolute atomic E-state index is 12.8. The molecule has 1 heterocycles. The van der Waals surface area contributed by atoms with Crippen LogP contribution in [0.3, 0.4) is 0 Å². The first-order chi connectivity index (χ1) is 16.3. The Morgan fingerprint density at radius 1 is 1.06 bits per heavy atom. The predicted octanol–water partition coefficient (Wildman–Crippen LogP) is 4.00. The molecule has 6 heteroatoms. The minimum absolute atomic E-state index is 0.120. The Bertz CT molecular complexity index is 1030. The molecular formula is C28H37N3O3. The van der Waals surface area contributed by atoms with Gasteiger partial charge in [0.25, 0.3) is 5.91 Å². The van der Waals surface area contributed by atoms with Crippen molar-refractivity contribution in [3.63, 3.8) is 0 Å². The van der Waals surface area contributed by atoms with Gasteiger partial charge in [-0.15, -0.1) is 0 Å². The molecule has 1 saturated heterocycles. The van der Waals surface area contributed by atoms with Gasteiger partial charge >= 0.3 is 0 Å². The quantitative estimate of drug-likeness (QED) is 0.600. The highest BCUT2D eigenvalue weighted by Gasteiger charge is 2.30. The summed E-state index contributed by atoms with van der Waals surface area (Å²) in [7, 11) is 0. The first-order valence-corrected chi connectivity index (χ1v) is 12.5. The number of benzene rings is 2. The third-order valence-electron chi connectivity index (χ3n) is 6.82. The molecule has 4 rings (SSSR count). The van der Waals surface area contributed by atoms with Crippen LogP contribution in [0.5, 0.6) is 5.75 Å². The van der Waals surface area contributed by atoms with Gasteiger partial charge in [-0.05, 0) is 88.0 Å². The zero-order valence-electron chi connectivity index (χ0n) is 20.7. The lowest BCUT2D eigenvalue weighted by Gasteiger charge is -2.36. The van der Waals surface area contributed by atoms with E-state index in [1.165, 1.54) is 11.3 Å². The lowest BCUT2D eigenvalue weighted by atomic mass is 9.90. The Labute approximate surface area is 203 Å². The Morgan fingerprint density at radius 2 is 1.85 bits per heavy atom. The van der Waals surface area contributed by atoms with E-state index in [1.807, 2.05) is 12.1 Å². The Hall–Kier alpha value is -2.86. The lowest BCUT2D eigenvalue weighted by molar-refractivity contribution is -0.134. The summed E-state index contributed by atoms with van der Waals surface area (Å²) in [5, 5.41) is 3.04. The molecule has 1 aliphatic carbocycles. The number of anilines is 1. The number of hydrogen-bond donors (Lipinski definition) is 1. The van der Waals surface area contributed by atoms with Gasteiger partial charge < -0.3 is 15.0 Å². The van der Waals surface area contributed by atoms with Gasteiger partial charge in [0.15, 0.2) is 11.4 Å². The van der Waals surface area contributed by atoms with Crippen molar-refractivity contribution in [1.29, 1.82) is 0 Å². The normalized spacial score (nSPS) is 16.8. The number of Topliss-reactive ketones (excluding diaryl/α,β-unsaturated/α-hetero) is 1. The number of ketones is 1. The van der Waals surface area contributed by atoms with Crippen LogP contribution in [0.1, 0.15) is 54.6 Å². The number of aryl methyl sites for hydroxylation is 2. The van der Waals surface area contributed by atoms with E-state index >= 15 is 0 Å². The van der Waals surface area contributed by atoms with Gasteiger partial charge in [-0.25, -0.2) is 0 Å². The second kappa shape index (κ2) is 10.6. The summed E-state index contributed by atoms with van der Waals surface area (Å²) >= 11 is 0. The van der Waals surface area contributed by atoms with Gasteiger partial charge in [-0.3, -0.25) is 14.5 Å². The highest BCUT2D eigenvalue weighted by molar-refractivity contribution is 5.98. The highest BCUT2D eigenvalue weighted by atomic mass is 16.5. The summed E-state index contributed by atoms with van der Waals surface area (Å²) in [5.41, 5.74) is 3.43. The van der Waals surface area contributed by atoms with E-state index in [4.69, 9.17) is 4.74 Å². The topological polar surface area (TPSA) is 61.9 Å². The number of fused-ring (bicyclic) bond motifs is 1. The smallest absolute Gasteiger partial charge is 0.263 e. The Kier molecular flexibility index (Phi) is 7.57. The van der Waals surface area contributed by atoms with E-state index in [-0.39, 0.29) is 11.7 Å². The van der Waals surface area contributed by atoms with Gasteiger partial charge in [-0.1, -0.05) is 12.1 Å². The highest BCUT2D eigenvalue weighted by Crippen LogP contribution is 2.27. The van der Waals surface area contributed by atoms with Gasteiger partial charge in [0.1, 0.15) is 5.75 Å². The number of piperazine rings is 1. The Balaban J connectivity index is 1.18. The van der Waals surface area contributed by atoms with Crippen LogP contribution >= 0.6 is 0 Å². The van der Waals surface area contributed by atoms with Crippen molar-refractivity contribution in [2.24, 2.45) is 0 Å². The van der Waals surface area contributed by atoms with Gasteiger partial charge in [-0.2, -0.15) is 0 Å². The van der Waals surface area contributed by atoms with Crippen LogP contribution in [0.25, 0.3) is 0 Å². The van der Waals surface area contributed by atoms with Crippen LogP contribution in [0.2, 0.25) is 0 Å². The maximum Gasteiger partial charge on any atom is 0.263 e. The Morgan fingerprint density at radius 3 is 2.62 bits per heavy atom. The van der Waals surface area contributed by atoms with Crippen LogP contribution in [-0.4, -0.2) is 61.5 Å². The molecule has 2 aliphatic rings. The third-order valence-corrected chi connectivity index (χ3v) is 6.82. The lowest BCUT2D eigenvalue weighted by Crippen LogP contribution is -2.48. The molecule has 0 saturated carbocycles. The molecule has 2 aromatic rings. The zero-order chi connectivity index (χ0) is 24.1. The molecule has 34 heavy (non-hydrogen) atoms. The first-order valence-electron chi connectivity index (χ1n) is 12.5. The van der Waals surface area contributed by atoms with Crippen LogP contribution in [0.4, 0.5) is 5.69 Å². The number of rotatable bonds is 8. The molecule has 0 unspecified atom stereocenters. The van der Waals surface area contributed by atoms with E-state index in [1.54, 1.807) is 19.9 Å². The number of amides is 1. The number of ether oxygens (including phenoxy) is 1. The summed E-state index contributed by atoms with van der Waals surface area (Å²) in [6.45, 7) is 11.5. The van der Waals surface area contributed by atoms with Crippen molar-refractivity contribution in [3.8, 4) is 5.75 Å². The van der Waals surface area contributed by atoms with Crippen molar-refractivity contribution in [1.82, 2.24) is 10.2 Å². The summed E-state index contributed by atoms with van der Waals surface area (Å²) in [4.78, 5) is 29.7. The van der Waals surface area contributed by atoms with Crippen molar-refractivity contribution in [3.05, 3.63) is 59.2 Å². The molecule has 0 aromatic heterocycles. The monoisotopic (exact) mass is 463 g/mol. The van der Waals surface area contributed by atoms with E-state index in [9.17, 15) is 9.59 Å². The molecule has 0 spiro atoms. The molecule has 0 atom stereocenters. The fourth-order valence-corrected chi connectivity index (χ4v) is 4.80. The van der Waals surface area contributed by atoms with E-state index in [2.05, 4.69) is 46.3 Å². The van der Waals surface area contributed by atoms with Crippen LogP contribution < -0.4 is 15.0 Å². The van der Waals surface area contributed by atoms with Crippen LogP contribution in [0, 0.1) is 6.92 Å². The van der Waals surface area contributed by atoms with Crippen molar-refractivity contribution in [2.45, 2.75) is 52.1 Å². The molecular weight excluding hydrogens is 426 g/mol. The summed E-state index contributed by atoms with van der Waals surface area (Å²) in [6.07, 6.45) is 3.28. The molecule has 1 fully saturated rings. The van der Waals surface area contributed by atoms with Crippen molar-refractivity contribution in [2.75, 3.05) is 44.2 Å². The van der Waals surface area contributed by atoms with Crippen LogP contribution in [0.15, 0.2) is 42.5 Å². The number of carbonyl (C=O) groups excluding carboxylic acids is 2. The average Bonchev–Trinajstić information content (AvgIpc) is 2.82. The summed E-state index contributed by atoms with van der Waals surface area (Å²) in [5.74, 6) is 0.715. The maximum atomic E-state index is 12.8. The zero-order valence-corrected chi connectivity index (χ0v) is 20.7. The van der Waals surface area contributed by atoms with E-state index in [0.29, 0.717) is 18.7 Å². The SMILES string of the molecule is Cc1cccc(N2CCN(CCCNC(=O)C(C)(C)Oc3ccc4c(c3)CCCC4=O)CC2)c1. The largest absolute Gasteiger partial charge is 0.478 e. The molecule has 6 nitrogen and oxygen atoms in total. The molecule has 1 aliphatic heterocycles. The second-order valence-corrected chi connectivity index (χ2v) is 9.99. The summed E-state index contributed by atoms with van der Waals surface area (Å²) in [6, 6.07) is 14.2. The molecule has 1 N–H and O–H groups in total. The number of nitrogens with zero attached hydrogens (tertiary/aromatic N) is 2. The fourth-order valence-electron chi connectivity index (χ4n) is 4.80. The van der Waals surface area contributed by atoms with Gasteiger partial charge in [0, 0.05) is 50.4 Å². The fraction of sp³-hybridized carbons (Fsp3) is 0.500. The summed E-state index contributed by atoms with van der Waals surface area (Å²) < 4.78 is 6.03. The second-order valence-electron chi connectivity index (χ2n) is 9.99. The van der Waals surface area contributed by atoms with Crippen molar-refractivity contribution < 1.29 is 14.3 Å². The minimum atomic E-state index is -0.980. The number of nitrogens with one attached hydrogen (secondary N) is 1. The predicted molar refractivity (Wildman–Crippen MR) is 136 cm³/mol. The molecule has 1 amide bonds. The molecule has 0 radical (unpaired) electrons. The molecule has 182 valence electrons. The molecule has 2 aromatic carbocycles. The average molecular weight is 464 g/mol. The number of hydrogen-bond acceptors (Lipinski definition) is 5. The van der Waals surface area contributed by atoms with Gasteiger partial charge in [0.2, 0.25) is 0 Å².